The van der Waals surface area contributed by atoms with Gasteiger partial charge >= 0.3 is 0 Å². The number of hydroxylamine groups is 2. The van der Waals surface area contributed by atoms with Gasteiger partial charge in [0.05, 0.1) is 19.7 Å². The quantitative estimate of drug-likeness (QED) is 0.727. The molecule has 1 atom stereocenters. The summed E-state index contributed by atoms with van der Waals surface area (Å²) in [5.41, 5.74) is 0. The van der Waals surface area contributed by atoms with E-state index in [4.69, 9.17) is 10.1 Å². The molecule has 0 N–H and O–H groups in total. The van der Waals surface area contributed by atoms with Crippen LogP contribution >= 0.6 is 0 Å². The van der Waals surface area contributed by atoms with E-state index < -0.39 is 6.04 Å². The van der Waals surface area contributed by atoms with Gasteiger partial charge in [-0.1, -0.05) is 6.07 Å². The van der Waals surface area contributed by atoms with Gasteiger partial charge in [-0.15, -0.1) is 0 Å². The zero-order valence-corrected chi connectivity index (χ0v) is 9.41. The van der Waals surface area contributed by atoms with Crippen molar-refractivity contribution in [3.63, 3.8) is 0 Å². The predicted octanol–water partition coefficient (Wildman–Crippen LogP) is 0.184. The first-order chi connectivity index (χ1) is 8.26. The third-order valence-corrected chi connectivity index (χ3v) is 2.60. The van der Waals surface area contributed by atoms with Gasteiger partial charge in [0.15, 0.2) is 0 Å². The number of hydrogen-bond acceptors (Lipinski definition) is 5. The van der Waals surface area contributed by atoms with Crippen molar-refractivity contribution < 1.29 is 9.63 Å². The predicted molar refractivity (Wildman–Crippen MR) is 59.7 cm³/mol. The van der Waals surface area contributed by atoms with Crippen molar-refractivity contribution in [3.05, 3.63) is 24.4 Å². The number of anilines is 1. The summed E-state index contributed by atoms with van der Waals surface area (Å²) < 4.78 is 0. The zero-order chi connectivity index (χ0) is 12.3. The van der Waals surface area contributed by atoms with Crippen LogP contribution in [0.25, 0.3) is 0 Å². The number of amides is 1. The van der Waals surface area contributed by atoms with Crippen LogP contribution in [0.2, 0.25) is 0 Å². The zero-order valence-electron chi connectivity index (χ0n) is 9.41. The Morgan fingerprint density at radius 3 is 3.00 bits per heavy atom. The molecule has 1 saturated heterocycles. The highest BCUT2D eigenvalue weighted by molar-refractivity contribution is 5.94. The Balaban J connectivity index is 2.21. The average molecular weight is 232 g/mol. The molecule has 6 nitrogen and oxygen atoms in total. The molecule has 17 heavy (non-hydrogen) atoms. The molecular weight excluding hydrogens is 220 g/mol. The van der Waals surface area contributed by atoms with Gasteiger partial charge in [-0.2, -0.15) is 10.3 Å². The van der Waals surface area contributed by atoms with Gasteiger partial charge in [-0.05, 0) is 12.1 Å². The Kier molecular flexibility index (Phi) is 3.32. The first-order valence-electron chi connectivity index (χ1n) is 5.18. The van der Waals surface area contributed by atoms with Gasteiger partial charge in [0.25, 0.3) is 0 Å². The van der Waals surface area contributed by atoms with Crippen LogP contribution in [0.4, 0.5) is 5.82 Å². The number of hydrogen-bond donors (Lipinski definition) is 0. The van der Waals surface area contributed by atoms with Crippen molar-refractivity contribution in [1.82, 2.24) is 10.0 Å². The summed E-state index contributed by atoms with van der Waals surface area (Å²) in [6, 6.07) is 6.96. The molecule has 0 aromatic carbocycles. The normalized spacial score (nSPS) is 21.3. The second kappa shape index (κ2) is 4.91. The third-order valence-electron chi connectivity index (χ3n) is 2.60. The molecule has 0 spiro atoms. The standard InChI is InChI=1S/C11H12N4O2/c1-17-15-8-11(16)14(7-9(15)6-12)10-4-2-3-5-13-10/h2-5,9H,7-8H2,1H3. The molecular formula is C11H12N4O2. The number of pyridine rings is 1. The second-order valence-electron chi connectivity index (χ2n) is 3.59. The van der Waals surface area contributed by atoms with E-state index in [1.54, 1.807) is 24.4 Å². The molecule has 88 valence electrons. The van der Waals surface area contributed by atoms with Gasteiger partial charge in [-0.3, -0.25) is 9.69 Å². The summed E-state index contributed by atoms with van der Waals surface area (Å²) in [6.45, 7) is 0.325. The summed E-state index contributed by atoms with van der Waals surface area (Å²) >= 11 is 0. The number of carbonyl (C=O) groups is 1. The molecule has 0 bridgehead atoms. The number of aromatic nitrogens is 1. The molecule has 1 unspecified atom stereocenters. The lowest BCUT2D eigenvalue weighted by molar-refractivity contribution is -0.166. The minimum absolute atomic E-state index is 0.0608. The first-order valence-corrected chi connectivity index (χ1v) is 5.18. The Hall–Kier alpha value is -1.97. The van der Waals surface area contributed by atoms with E-state index in [1.165, 1.54) is 17.1 Å². The topological polar surface area (TPSA) is 69.5 Å². The fourth-order valence-electron chi connectivity index (χ4n) is 1.73. The van der Waals surface area contributed by atoms with Crippen molar-refractivity contribution in [2.24, 2.45) is 0 Å². The van der Waals surface area contributed by atoms with Crippen LogP contribution in [0.1, 0.15) is 0 Å². The van der Waals surface area contributed by atoms with Crippen molar-refractivity contribution in [2.75, 3.05) is 25.1 Å². The van der Waals surface area contributed by atoms with Gasteiger partial charge in [-0.25, -0.2) is 4.98 Å². The molecule has 1 fully saturated rings. The highest BCUT2D eigenvalue weighted by Gasteiger charge is 2.33. The van der Waals surface area contributed by atoms with E-state index in [1.807, 2.05) is 0 Å². The van der Waals surface area contributed by atoms with Gasteiger partial charge in [0, 0.05) is 6.20 Å². The highest BCUT2D eigenvalue weighted by atomic mass is 16.7. The molecule has 6 heteroatoms. The first kappa shape index (κ1) is 11.5. The van der Waals surface area contributed by atoms with E-state index in [2.05, 4.69) is 11.1 Å². The smallest absolute Gasteiger partial charge is 0.244 e. The third kappa shape index (κ3) is 2.25. The highest BCUT2D eigenvalue weighted by Crippen LogP contribution is 2.17. The Bertz CT molecular complexity index is 443. The van der Waals surface area contributed by atoms with E-state index in [0.717, 1.165) is 0 Å². The molecule has 0 aliphatic carbocycles. The van der Waals surface area contributed by atoms with E-state index >= 15 is 0 Å². The molecule has 2 heterocycles. The van der Waals surface area contributed by atoms with E-state index in [9.17, 15) is 4.79 Å². The number of piperazine rings is 1. The maximum Gasteiger partial charge on any atom is 0.244 e. The molecule has 1 aliphatic rings. The Labute approximate surface area is 99.0 Å². The van der Waals surface area contributed by atoms with Crippen LogP contribution in [0, 0.1) is 11.3 Å². The lowest BCUT2D eigenvalue weighted by atomic mass is 10.2. The largest absolute Gasteiger partial charge is 0.300 e. The van der Waals surface area contributed by atoms with Crippen molar-refractivity contribution >= 4 is 11.7 Å². The summed E-state index contributed by atoms with van der Waals surface area (Å²) in [4.78, 5) is 22.5. The molecule has 1 amide bonds. The van der Waals surface area contributed by atoms with Crippen molar-refractivity contribution in [2.45, 2.75) is 6.04 Å². The molecule has 2 rings (SSSR count). The number of rotatable bonds is 2. The number of nitriles is 1. The van der Waals surface area contributed by atoms with Gasteiger partial charge in [0.1, 0.15) is 18.4 Å². The number of carbonyl (C=O) groups excluding carboxylic acids is 1. The SMILES string of the molecule is CON1CC(=O)N(c2ccccn2)CC1C#N. The summed E-state index contributed by atoms with van der Waals surface area (Å²) in [7, 11) is 1.45. The van der Waals surface area contributed by atoms with Gasteiger partial charge in [0.2, 0.25) is 5.91 Å². The second-order valence-corrected chi connectivity index (χ2v) is 3.59. The minimum atomic E-state index is -0.472. The van der Waals surface area contributed by atoms with E-state index in [0.29, 0.717) is 5.82 Å². The summed E-state index contributed by atoms with van der Waals surface area (Å²) in [5.74, 6) is 0.436. The van der Waals surface area contributed by atoms with Crippen molar-refractivity contribution in [1.29, 1.82) is 5.26 Å². The lowest BCUT2D eigenvalue weighted by Gasteiger charge is -2.35. The molecule has 0 saturated carbocycles. The molecule has 1 aromatic heterocycles. The van der Waals surface area contributed by atoms with Crippen LogP contribution in [0.15, 0.2) is 24.4 Å². The molecule has 1 aliphatic heterocycles. The Morgan fingerprint density at radius 1 is 1.59 bits per heavy atom. The van der Waals surface area contributed by atoms with E-state index in [-0.39, 0.29) is 19.0 Å². The van der Waals surface area contributed by atoms with Crippen LogP contribution in [0.5, 0.6) is 0 Å². The fourth-order valence-corrected chi connectivity index (χ4v) is 1.73. The average Bonchev–Trinajstić information content (AvgIpc) is 2.39. The summed E-state index contributed by atoms with van der Waals surface area (Å²) in [5, 5.41) is 10.4. The lowest BCUT2D eigenvalue weighted by Crippen LogP contribution is -2.55. The summed E-state index contributed by atoms with van der Waals surface area (Å²) in [6.07, 6.45) is 1.62. The van der Waals surface area contributed by atoms with Crippen LogP contribution in [-0.4, -0.2) is 42.2 Å². The maximum absolute atomic E-state index is 11.9. The molecule has 1 aromatic rings. The van der Waals surface area contributed by atoms with Crippen LogP contribution < -0.4 is 4.90 Å². The fraction of sp³-hybridized carbons (Fsp3) is 0.364. The van der Waals surface area contributed by atoms with Crippen LogP contribution in [-0.2, 0) is 9.63 Å². The van der Waals surface area contributed by atoms with Gasteiger partial charge < -0.3 is 4.84 Å². The maximum atomic E-state index is 11.9. The number of nitrogens with zero attached hydrogens (tertiary/aromatic N) is 4. The van der Waals surface area contributed by atoms with Crippen molar-refractivity contribution in [3.8, 4) is 6.07 Å². The Morgan fingerprint density at radius 2 is 2.41 bits per heavy atom. The van der Waals surface area contributed by atoms with Crippen LogP contribution in [0.3, 0.4) is 0 Å². The molecule has 0 radical (unpaired) electrons. The minimum Gasteiger partial charge on any atom is -0.300 e. The monoisotopic (exact) mass is 232 g/mol.